The Morgan fingerprint density at radius 2 is 1.07 bits per heavy atom. The van der Waals surface area contributed by atoms with Gasteiger partial charge in [0.15, 0.2) is 0 Å². The molecule has 6 N–H and O–H groups in total. The summed E-state index contributed by atoms with van der Waals surface area (Å²) in [7, 11) is 0. The highest BCUT2D eigenvalue weighted by molar-refractivity contribution is 6.07. The molecular weight excluding hydrogens is 949 g/mol. The normalized spacial score (nSPS) is 19.6. The summed E-state index contributed by atoms with van der Waals surface area (Å²) in [6, 6.07) is 3.58. The van der Waals surface area contributed by atoms with Crippen LogP contribution >= 0.6 is 0 Å². The fourth-order valence-electron chi connectivity index (χ4n) is 9.67. The maximum Gasteiger partial charge on any atom is 0.312 e. The number of likely N-dealkylation sites (tertiary alicyclic amines) is 2. The first-order valence-electron chi connectivity index (χ1n) is 26.0. The number of nitrogens with one attached hydrogen (secondary N) is 4. The van der Waals surface area contributed by atoms with Crippen LogP contribution in [0, 0.1) is 56.7 Å². The van der Waals surface area contributed by atoms with Crippen molar-refractivity contribution in [2.24, 2.45) is 62.4 Å². The van der Waals surface area contributed by atoms with Crippen molar-refractivity contribution < 1.29 is 52.7 Å². The highest BCUT2D eigenvalue weighted by Crippen LogP contribution is 2.48. The lowest BCUT2D eigenvalue weighted by Crippen LogP contribution is -2.54. The smallest absolute Gasteiger partial charge is 0.312 e. The number of benzene rings is 1. The summed E-state index contributed by atoms with van der Waals surface area (Å²) in [6.45, 7) is 31.3. The number of esters is 1. The minimum Gasteiger partial charge on any atom is -0.460 e. The first kappa shape index (κ1) is 62.4. The summed E-state index contributed by atoms with van der Waals surface area (Å²) in [5.41, 5.74) is 3.44. The predicted molar refractivity (Wildman–Crippen MR) is 281 cm³/mol. The number of hydrogen-bond donors (Lipinski definition) is 5. The van der Waals surface area contributed by atoms with E-state index in [0.717, 1.165) is 0 Å². The third-order valence-electron chi connectivity index (χ3n) is 13.7. The van der Waals surface area contributed by atoms with Gasteiger partial charge in [0, 0.05) is 51.3 Å². The van der Waals surface area contributed by atoms with Gasteiger partial charge in [-0.25, -0.2) is 4.79 Å². The fraction of sp³-hybridized carbons (Fsp3) is 0.709. The molecule has 0 bridgehead atoms. The van der Waals surface area contributed by atoms with Crippen molar-refractivity contribution in [1.29, 1.82) is 0 Å². The lowest BCUT2D eigenvalue weighted by Gasteiger charge is -2.35. The van der Waals surface area contributed by atoms with Gasteiger partial charge >= 0.3 is 12.0 Å². The lowest BCUT2D eigenvalue weighted by molar-refractivity contribution is -0.154. The first-order valence-corrected chi connectivity index (χ1v) is 26.0. The lowest BCUT2D eigenvalue weighted by atomic mass is 9.65. The maximum atomic E-state index is 14.3. The molecule has 3 rings (SSSR count). The summed E-state index contributed by atoms with van der Waals surface area (Å²) in [5.74, 6) is -7.12. The summed E-state index contributed by atoms with van der Waals surface area (Å²) in [6.07, 6.45) is -0.409. The van der Waals surface area contributed by atoms with Crippen molar-refractivity contribution >= 4 is 64.9 Å². The molecule has 2 saturated heterocycles. The number of ether oxygens (including phenoxy) is 1. The van der Waals surface area contributed by atoms with Crippen molar-refractivity contribution in [3.8, 4) is 0 Å². The van der Waals surface area contributed by atoms with Crippen molar-refractivity contribution in [2.45, 2.75) is 162 Å². The van der Waals surface area contributed by atoms with Crippen LogP contribution in [0.15, 0.2) is 24.3 Å². The minimum atomic E-state index is -1.15. The highest BCUT2D eigenvalue weighted by atomic mass is 16.5. The third-order valence-corrected chi connectivity index (χ3v) is 13.7. The Bertz CT molecular complexity index is 2110. The zero-order chi connectivity index (χ0) is 56.6. The van der Waals surface area contributed by atoms with Gasteiger partial charge in [0.2, 0.25) is 47.3 Å². The quantitative estimate of drug-likeness (QED) is 0.0560. The summed E-state index contributed by atoms with van der Waals surface area (Å²) in [5, 5.41) is 10.7. The number of anilines is 1. The van der Waals surface area contributed by atoms with Crippen LogP contribution in [0.2, 0.25) is 0 Å². The molecule has 0 aromatic heterocycles. The van der Waals surface area contributed by atoms with E-state index in [1.807, 2.05) is 83.1 Å². The minimum absolute atomic E-state index is 0.0313. The Morgan fingerprint density at radius 1 is 0.635 bits per heavy atom. The Balaban J connectivity index is 1.83. The molecule has 2 aliphatic heterocycles. The molecule has 0 spiro atoms. The zero-order valence-electron chi connectivity index (χ0n) is 47.3. The molecule has 0 radical (unpaired) electrons. The topological polar surface area (TPSA) is 264 Å². The van der Waals surface area contributed by atoms with E-state index in [2.05, 4.69) is 21.3 Å². The Labute approximate surface area is 439 Å². The molecule has 19 heteroatoms. The maximum absolute atomic E-state index is 14.3. The average Bonchev–Trinajstić information content (AvgIpc) is 3.69. The SMILES string of the molecule is CC(C)[C@H](NC(=O)CCC(=O)N(CCN1C(=O)C(C(C)(C)C)C(C(C)(C)C)C1=O)CCN1C(=O)C(C(C)(C)C)C(C(C)(C)C)C1=O)C(=O)N[C@@H](CCCNC(N)=O)C(=O)Nc1ccc(COC(=O)C(C)(C)C)cc1. The Morgan fingerprint density at radius 3 is 1.45 bits per heavy atom. The molecule has 74 heavy (non-hydrogen) atoms. The molecule has 1 aromatic carbocycles. The van der Waals surface area contributed by atoms with Crippen LogP contribution in [0.5, 0.6) is 0 Å². The van der Waals surface area contributed by atoms with E-state index < -0.39 is 98.4 Å². The zero-order valence-corrected chi connectivity index (χ0v) is 47.3. The van der Waals surface area contributed by atoms with E-state index in [0.29, 0.717) is 11.3 Å². The number of carbonyl (C=O) groups excluding carboxylic acids is 10. The Kier molecular flexibility index (Phi) is 20.8. The average molecular weight is 1040 g/mol. The van der Waals surface area contributed by atoms with Crippen molar-refractivity contribution in [2.75, 3.05) is 38.0 Å². The van der Waals surface area contributed by atoms with Crippen LogP contribution < -0.4 is 27.0 Å². The number of nitrogens with zero attached hydrogens (tertiary/aromatic N) is 3. The highest BCUT2D eigenvalue weighted by Gasteiger charge is 2.57. The van der Waals surface area contributed by atoms with Gasteiger partial charge in [-0.2, -0.15) is 0 Å². The van der Waals surface area contributed by atoms with Crippen LogP contribution in [-0.4, -0.2) is 119 Å². The molecule has 414 valence electrons. The van der Waals surface area contributed by atoms with E-state index in [9.17, 15) is 47.9 Å². The number of urea groups is 1. The number of rotatable bonds is 21. The second-order valence-corrected chi connectivity index (χ2v) is 25.7. The molecule has 19 nitrogen and oxygen atoms in total. The van der Waals surface area contributed by atoms with E-state index in [1.54, 1.807) is 58.9 Å². The fourth-order valence-corrected chi connectivity index (χ4v) is 9.67. The van der Waals surface area contributed by atoms with Gasteiger partial charge in [-0.05, 0) is 78.9 Å². The molecule has 6 atom stereocenters. The molecule has 0 saturated carbocycles. The van der Waals surface area contributed by atoms with E-state index in [1.165, 1.54) is 14.7 Å². The molecule has 2 aliphatic rings. The number of amides is 10. The second kappa shape index (κ2) is 24.6. The number of carbonyl (C=O) groups is 10. The van der Waals surface area contributed by atoms with Gasteiger partial charge in [-0.1, -0.05) is 109 Å². The summed E-state index contributed by atoms with van der Waals surface area (Å²) in [4.78, 5) is 139. The van der Waals surface area contributed by atoms with Crippen LogP contribution in [0.4, 0.5) is 10.5 Å². The van der Waals surface area contributed by atoms with Gasteiger partial charge in [-0.15, -0.1) is 0 Å². The summed E-state index contributed by atoms with van der Waals surface area (Å²) >= 11 is 0. The van der Waals surface area contributed by atoms with Crippen molar-refractivity contribution in [3.05, 3.63) is 29.8 Å². The molecule has 10 amide bonds. The van der Waals surface area contributed by atoms with Crippen LogP contribution in [0.3, 0.4) is 0 Å². The van der Waals surface area contributed by atoms with Crippen LogP contribution in [0.25, 0.3) is 0 Å². The van der Waals surface area contributed by atoms with Gasteiger partial charge in [0.1, 0.15) is 18.7 Å². The van der Waals surface area contributed by atoms with E-state index >= 15 is 0 Å². The van der Waals surface area contributed by atoms with Crippen LogP contribution in [-0.2, 0) is 54.5 Å². The van der Waals surface area contributed by atoms with Gasteiger partial charge in [0.05, 0.1) is 29.1 Å². The molecular formula is C55H88N8O11. The van der Waals surface area contributed by atoms with Gasteiger partial charge < -0.3 is 36.6 Å². The Hall–Kier alpha value is -5.88. The molecule has 2 fully saturated rings. The van der Waals surface area contributed by atoms with Gasteiger partial charge in [0.25, 0.3) is 0 Å². The summed E-state index contributed by atoms with van der Waals surface area (Å²) < 4.78 is 5.38. The molecule has 1 aromatic rings. The standard InChI is InChI=1S/C55H88N8O11/c1-32(2)42(44(67)59-35(19-18-26-57-50(56)73)43(66)58-34-22-20-33(21-23-34)31-74-49(72)55(15,16)17)60-36(64)24-25-37(65)61(27-29-62-45(68)38(51(3,4)5)39(46(62)69)52(6,7)8)28-30-63-47(70)40(53(9,10)11)41(48(63)71)54(12,13)14/h20-23,32,35,38-42H,18-19,24-31H2,1-17H3,(H,58,66)(H,59,67)(H,60,64)(H3,56,57,73)/t35-,38?,39?,40?,41?,42-/m0/s1. The van der Waals surface area contributed by atoms with Crippen molar-refractivity contribution in [1.82, 2.24) is 30.7 Å². The number of hydrogen-bond acceptors (Lipinski definition) is 11. The van der Waals surface area contributed by atoms with E-state index in [-0.39, 0.29) is 94.6 Å². The third kappa shape index (κ3) is 16.8. The monoisotopic (exact) mass is 1040 g/mol. The van der Waals surface area contributed by atoms with Gasteiger partial charge in [-0.3, -0.25) is 53.0 Å². The first-order chi connectivity index (χ1) is 33.8. The largest absolute Gasteiger partial charge is 0.460 e. The number of primary amides is 1. The van der Waals surface area contributed by atoms with Crippen LogP contribution in [0.1, 0.15) is 149 Å². The van der Waals surface area contributed by atoms with E-state index in [4.69, 9.17) is 10.5 Å². The second-order valence-electron chi connectivity index (χ2n) is 25.7. The molecule has 4 unspecified atom stereocenters. The number of imide groups is 2. The molecule has 2 heterocycles. The molecule has 0 aliphatic carbocycles. The predicted octanol–water partition coefficient (Wildman–Crippen LogP) is 5.78. The number of nitrogens with two attached hydrogens (primary N) is 1. The van der Waals surface area contributed by atoms with Crippen molar-refractivity contribution in [3.63, 3.8) is 0 Å².